The minimum atomic E-state index is -0.364. The van der Waals surface area contributed by atoms with Crippen molar-refractivity contribution < 1.29 is 13.9 Å². The van der Waals surface area contributed by atoms with E-state index in [1.54, 1.807) is 12.1 Å². The zero-order chi connectivity index (χ0) is 24.5. The van der Waals surface area contributed by atoms with Crippen molar-refractivity contribution in [3.05, 3.63) is 83.1 Å². The number of benzene rings is 2. The van der Waals surface area contributed by atoms with Crippen LogP contribution in [0.2, 0.25) is 0 Å². The van der Waals surface area contributed by atoms with Gasteiger partial charge in [-0.3, -0.25) is 9.69 Å². The van der Waals surface area contributed by atoms with E-state index in [4.69, 9.17) is 4.74 Å². The lowest BCUT2D eigenvalue weighted by Gasteiger charge is -2.32. The smallest absolute Gasteiger partial charge is 0.224 e. The van der Waals surface area contributed by atoms with Crippen LogP contribution in [0, 0.1) is 5.82 Å². The fraction of sp³-hybridized carbons (Fsp3) is 0.370. The van der Waals surface area contributed by atoms with E-state index in [2.05, 4.69) is 25.5 Å². The third kappa shape index (κ3) is 4.64. The van der Waals surface area contributed by atoms with Gasteiger partial charge in [-0.15, -0.1) is 5.10 Å². The minimum absolute atomic E-state index is 0.0622. The van der Waals surface area contributed by atoms with Gasteiger partial charge in [0.05, 0.1) is 25.3 Å². The molecular weight excluding hydrogens is 459 g/mol. The maximum atomic E-state index is 14.2. The molecule has 0 unspecified atom stereocenters. The predicted molar refractivity (Wildman–Crippen MR) is 132 cm³/mol. The molecule has 1 atom stereocenters. The fourth-order valence-electron chi connectivity index (χ4n) is 5.29. The number of rotatable bonds is 6. The number of H-pyrrole nitrogens is 1. The molecule has 0 bridgehead atoms. The van der Waals surface area contributed by atoms with Gasteiger partial charge in [0.15, 0.2) is 0 Å². The van der Waals surface area contributed by atoms with E-state index < -0.39 is 0 Å². The second-order valence-corrected chi connectivity index (χ2v) is 9.64. The third-order valence-corrected chi connectivity index (χ3v) is 7.28. The van der Waals surface area contributed by atoms with Gasteiger partial charge in [-0.2, -0.15) is 0 Å². The Balaban J connectivity index is 1.01. The maximum absolute atomic E-state index is 14.2. The Morgan fingerprint density at radius 2 is 1.94 bits per heavy atom. The molecule has 2 aromatic heterocycles. The summed E-state index contributed by atoms with van der Waals surface area (Å²) in [4.78, 5) is 18.3. The average Bonchev–Trinajstić information content (AvgIpc) is 3.49. The fourth-order valence-corrected chi connectivity index (χ4v) is 5.29. The SMILES string of the molecule is O=C(Cc1c[nH]c2ccccc12)NC1CCN(Cc2nnn3c2CO[C@H](c2ccccc2F)C3)CC1. The number of ether oxygens (including phenoxy) is 1. The number of fused-ring (bicyclic) bond motifs is 2. The van der Waals surface area contributed by atoms with E-state index in [1.807, 2.05) is 41.2 Å². The van der Waals surface area contributed by atoms with Crippen LogP contribution in [-0.2, 0) is 35.6 Å². The molecule has 0 spiro atoms. The van der Waals surface area contributed by atoms with Gasteiger partial charge in [0.1, 0.15) is 17.6 Å². The molecule has 2 aliphatic rings. The lowest BCUT2D eigenvalue weighted by Crippen LogP contribution is -2.44. The molecule has 1 saturated heterocycles. The zero-order valence-corrected chi connectivity index (χ0v) is 20.0. The topological polar surface area (TPSA) is 88.1 Å². The molecule has 2 N–H and O–H groups in total. The molecule has 6 rings (SSSR count). The van der Waals surface area contributed by atoms with Crippen molar-refractivity contribution in [1.82, 2.24) is 30.2 Å². The van der Waals surface area contributed by atoms with Gasteiger partial charge in [-0.25, -0.2) is 9.07 Å². The summed E-state index contributed by atoms with van der Waals surface area (Å²) < 4.78 is 22.0. The summed E-state index contributed by atoms with van der Waals surface area (Å²) in [6.45, 7) is 3.26. The summed E-state index contributed by atoms with van der Waals surface area (Å²) in [5.74, 6) is -0.199. The van der Waals surface area contributed by atoms with Crippen molar-refractivity contribution >= 4 is 16.8 Å². The number of nitrogens with zero attached hydrogens (tertiary/aromatic N) is 4. The lowest BCUT2D eigenvalue weighted by molar-refractivity contribution is -0.121. The molecule has 0 radical (unpaired) electrons. The van der Waals surface area contributed by atoms with Gasteiger partial charge in [0.25, 0.3) is 0 Å². The number of para-hydroxylation sites is 1. The number of likely N-dealkylation sites (tertiary alicyclic amines) is 1. The molecule has 4 aromatic rings. The van der Waals surface area contributed by atoms with Gasteiger partial charge in [0, 0.05) is 48.3 Å². The van der Waals surface area contributed by atoms with Crippen LogP contribution in [0.1, 0.15) is 41.5 Å². The average molecular weight is 489 g/mol. The second-order valence-electron chi connectivity index (χ2n) is 9.64. The predicted octanol–water partition coefficient (Wildman–Crippen LogP) is 3.49. The molecule has 0 saturated carbocycles. The maximum Gasteiger partial charge on any atom is 0.224 e. The molecule has 2 aliphatic heterocycles. The summed E-state index contributed by atoms with van der Waals surface area (Å²) >= 11 is 0. The number of aromatic amines is 1. The molecule has 9 heteroatoms. The van der Waals surface area contributed by atoms with Crippen molar-refractivity contribution in [3.8, 4) is 0 Å². The number of halogens is 1. The summed E-state index contributed by atoms with van der Waals surface area (Å²) in [7, 11) is 0. The van der Waals surface area contributed by atoms with Crippen LogP contribution in [0.4, 0.5) is 4.39 Å². The van der Waals surface area contributed by atoms with Crippen LogP contribution in [0.3, 0.4) is 0 Å². The Hall–Kier alpha value is -3.56. The van der Waals surface area contributed by atoms with Crippen molar-refractivity contribution in [2.45, 2.75) is 51.1 Å². The highest BCUT2D eigenvalue weighted by molar-refractivity contribution is 5.88. The molecule has 0 aliphatic carbocycles. The zero-order valence-electron chi connectivity index (χ0n) is 20.0. The van der Waals surface area contributed by atoms with Crippen LogP contribution in [0.15, 0.2) is 54.7 Å². The number of hydrogen-bond donors (Lipinski definition) is 2. The normalized spacial score (nSPS) is 18.9. The Morgan fingerprint density at radius 3 is 2.81 bits per heavy atom. The molecule has 36 heavy (non-hydrogen) atoms. The van der Waals surface area contributed by atoms with E-state index >= 15 is 0 Å². The van der Waals surface area contributed by atoms with Crippen molar-refractivity contribution in [1.29, 1.82) is 0 Å². The number of carbonyl (C=O) groups excluding carboxylic acids is 1. The first-order valence-electron chi connectivity index (χ1n) is 12.5. The molecule has 2 aromatic carbocycles. The third-order valence-electron chi connectivity index (χ3n) is 7.28. The summed E-state index contributed by atoms with van der Waals surface area (Å²) in [6, 6.07) is 14.9. The summed E-state index contributed by atoms with van der Waals surface area (Å²) in [6.07, 6.45) is 3.74. The summed E-state index contributed by atoms with van der Waals surface area (Å²) in [5.41, 5.74) is 4.49. The lowest BCUT2D eigenvalue weighted by atomic mass is 10.0. The Kier molecular flexibility index (Phi) is 6.25. The van der Waals surface area contributed by atoms with E-state index in [-0.39, 0.29) is 23.9 Å². The largest absolute Gasteiger partial charge is 0.365 e. The van der Waals surface area contributed by atoms with E-state index in [0.29, 0.717) is 31.7 Å². The number of hydrogen-bond acceptors (Lipinski definition) is 5. The van der Waals surface area contributed by atoms with Crippen LogP contribution in [0.25, 0.3) is 10.9 Å². The van der Waals surface area contributed by atoms with E-state index in [9.17, 15) is 9.18 Å². The number of piperidine rings is 1. The first kappa shape index (κ1) is 22.9. The van der Waals surface area contributed by atoms with Crippen molar-refractivity contribution in [3.63, 3.8) is 0 Å². The van der Waals surface area contributed by atoms with Crippen LogP contribution in [-0.4, -0.2) is 49.9 Å². The van der Waals surface area contributed by atoms with Gasteiger partial charge in [0.2, 0.25) is 5.91 Å². The first-order chi connectivity index (χ1) is 17.6. The Morgan fingerprint density at radius 1 is 1.14 bits per heavy atom. The molecule has 4 heterocycles. The number of carbonyl (C=O) groups is 1. The highest BCUT2D eigenvalue weighted by Crippen LogP contribution is 2.29. The Bertz CT molecular complexity index is 1370. The second kappa shape index (κ2) is 9.83. The van der Waals surface area contributed by atoms with Crippen molar-refractivity contribution in [2.24, 2.45) is 0 Å². The van der Waals surface area contributed by atoms with Crippen LogP contribution < -0.4 is 5.32 Å². The van der Waals surface area contributed by atoms with Crippen molar-refractivity contribution in [2.75, 3.05) is 13.1 Å². The molecule has 186 valence electrons. The molecule has 1 fully saturated rings. The highest BCUT2D eigenvalue weighted by Gasteiger charge is 2.28. The van der Waals surface area contributed by atoms with Crippen LogP contribution >= 0.6 is 0 Å². The van der Waals surface area contributed by atoms with Gasteiger partial charge in [-0.05, 0) is 30.5 Å². The first-order valence-corrected chi connectivity index (χ1v) is 12.5. The summed E-state index contributed by atoms with van der Waals surface area (Å²) in [5, 5.41) is 13.0. The highest BCUT2D eigenvalue weighted by atomic mass is 19.1. The van der Waals surface area contributed by atoms with Gasteiger partial charge < -0.3 is 15.0 Å². The number of nitrogens with one attached hydrogen (secondary N) is 2. The number of amides is 1. The van der Waals surface area contributed by atoms with Gasteiger partial charge in [-0.1, -0.05) is 41.6 Å². The monoisotopic (exact) mass is 488 g/mol. The van der Waals surface area contributed by atoms with Gasteiger partial charge >= 0.3 is 0 Å². The minimum Gasteiger partial charge on any atom is -0.365 e. The van der Waals surface area contributed by atoms with E-state index in [0.717, 1.165) is 53.8 Å². The molecular formula is C27H29FN6O2. The standard InChI is InChI=1S/C27H29FN6O2/c28-22-7-3-1-6-21(22)26-16-34-25(17-36-26)24(31-32-34)15-33-11-9-19(10-12-33)30-27(35)13-18-14-29-23-8-4-2-5-20(18)23/h1-8,14,19,26,29H,9-13,15-17H2,(H,30,35)/t26-/m0/s1. The van der Waals surface area contributed by atoms with E-state index in [1.165, 1.54) is 6.07 Å². The Labute approximate surface area is 208 Å². The molecule has 8 nitrogen and oxygen atoms in total. The van der Waals surface area contributed by atoms with Crippen LogP contribution in [0.5, 0.6) is 0 Å². The quantitative estimate of drug-likeness (QED) is 0.434. The molecule has 1 amide bonds. The number of aromatic nitrogens is 4.